The number of hydrogen-bond acceptors (Lipinski definition) is 5. The van der Waals surface area contributed by atoms with Crippen LogP contribution in [0.2, 0.25) is 0 Å². The maximum atomic E-state index is 12.5. The van der Waals surface area contributed by atoms with Crippen LogP contribution in [-0.2, 0) is 9.59 Å². The molecule has 2 amide bonds. The molecule has 7 nitrogen and oxygen atoms in total. The Morgan fingerprint density at radius 2 is 1.62 bits per heavy atom. The second-order valence-electron chi connectivity index (χ2n) is 8.32. The number of unbranched alkanes of at least 4 members (excludes halogenated alkanes) is 2. The van der Waals surface area contributed by atoms with E-state index in [1.165, 1.54) is 6.92 Å². The van der Waals surface area contributed by atoms with Crippen molar-refractivity contribution in [3.05, 3.63) is 65.7 Å². The summed E-state index contributed by atoms with van der Waals surface area (Å²) in [6, 6.07) is 15.8. The van der Waals surface area contributed by atoms with Crippen LogP contribution < -0.4 is 16.0 Å². The van der Waals surface area contributed by atoms with Gasteiger partial charge in [0, 0.05) is 42.2 Å². The highest BCUT2D eigenvalue weighted by Crippen LogP contribution is 2.13. The molecule has 0 fully saturated rings. The fraction of sp³-hybridized carbons (Fsp3) is 0.407. The van der Waals surface area contributed by atoms with Gasteiger partial charge in [0.25, 0.3) is 5.91 Å². The molecule has 2 aromatic rings. The van der Waals surface area contributed by atoms with Crippen LogP contribution in [-0.4, -0.2) is 42.5 Å². The zero-order valence-electron chi connectivity index (χ0n) is 20.1. The first-order valence-electron chi connectivity index (χ1n) is 11.9. The predicted molar refractivity (Wildman–Crippen MR) is 134 cm³/mol. The van der Waals surface area contributed by atoms with Crippen LogP contribution in [0, 0.1) is 0 Å². The summed E-state index contributed by atoms with van der Waals surface area (Å²) in [6.07, 6.45) is 4.51. The first kappa shape index (κ1) is 26.8. The van der Waals surface area contributed by atoms with E-state index < -0.39 is 0 Å². The second-order valence-corrected chi connectivity index (χ2v) is 8.32. The van der Waals surface area contributed by atoms with E-state index in [0.29, 0.717) is 30.5 Å². The van der Waals surface area contributed by atoms with Crippen LogP contribution in [0.1, 0.15) is 73.1 Å². The van der Waals surface area contributed by atoms with Crippen LogP contribution >= 0.6 is 0 Å². The van der Waals surface area contributed by atoms with Crippen LogP contribution in [0.25, 0.3) is 0 Å². The smallest absolute Gasteiger partial charge is 0.251 e. The van der Waals surface area contributed by atoms with Crippen molar-refractivity contribution in [1.82, 2.24) is 10.6 Å². The third-order valence-corrected chi connectivity index (χ3v) is 5.53. The molecule has 182 valence electrons. The van der Waals surface area contributed by atoms with E-state index in [2.05, 4.69) is 16.0 Å². The number of anilines is 1. The van der Waals surface area contributed by atoms with Gasteiger partial charge in [-0.2, -0.15) is 0 Å². The van der Waals surface area contributed by atoms with Crippen molar-refractivity contribution in [3.8, 4) is 0 Å². The maximum absolute atomic E-state index is 12.5. The zero-order chi connectivity index (χ0) is 24.8. The van der Waals surface area contributed by atoms with Gasteiger partial charge >= 0.3 is 0 Å². The molecule has 0 aliphatic carbocycles. The lowest BCUT2D eigenvalue weighted by Crippen LogP contribution is -2.44. The van der Waals surface area contributed by atoms with Crippen molar-refractivity contribution < 1.29 is 19.2 Å². The van der Waals surface area contributed by atoms with Crippen LogP contribution in [0.5, 0.6) is 0 Å². The molecule has 1 atom stereocenters. The summed E-state index contributed by atoms with van der Waals surface area (Å²) in [7, 11) is 0. The molecule has 0 aliphatic rings. The Hall–Kier alpha value is -3.48. The standard InChI is InChI=1S/C27H35N3O4/c1-3-25(32)16-9-5-8-14-24(18-28-23-15-10-13-22(17-23)20(2)31)30-26(33)19-29-27(34)21-11-6-4-7-12-21/h4,6-7,10-13,15,17,24,28H,3,5,8-9,14,16,18-19H2,1-2H3,(H,29,34)(H,30,33). The molecule has 7 heteroatoms. The second kappa shape index (κ2) is 14.6. The Balaban J connectivity index is 1.89. The zero-order valence-corrected chi connectivity index (χ0v) is 20.1. The molecule has 1 unspecified atom stereocenters. The molecule has 0 radical (unpaired) electrons. The molecule has 0 saturated carbocycles. The van der Waals surface area contributed by atoms with E-state index in [0.717, 1.165) is 31.4 Å². The average Bonchev–Trinajstić information content (AvgIpc) is 2.85. The van der Waals surface area contributed by atoms with Gasteiger partial charge in [0.2, 0.25) is 5.91 Å². The fourth-order valence-electron chi connectivity index (χ4n) is 3.51. The minimum atomic E-state index is -0.299. The van der Waals surface area contributed by atoms with Gasteiger partial charge in [0.05, 0.1) is 6.54 Å². The Labute approximate surface area is 201 Å². The van der Waals surface area contributed by atoms with Gasteiger partial charge < -0.3 is 16.0 Å². The van der Waals surface area contributed by atoms with E-state index in [1.54, 1.807) is 36.4 Å². The Morgan fingerprint density at radius 3 is 2.32 bits per heavy atom. The number of carbonyl (C=O) groups is 4. The van der Waals surface area contributed by atoms with Gasteiger partial charge in [-0.25, -0.2) is 0 Å². The van der Waals surface area contributed by atoms with E-state index in [1.807, 2.05) is 25.1 Å². The van der Waals surface area contributed by atoms with Gasteiger partial charge in [0.15, 0.2) is 5.78 Å². The first-order valence-corrected chi connectivity index (χ1v) is 11.9. The summed E-state index contributed by atoms with van der Waals surface area (Å²) >= 11 is 0. The molecule has 3 N–H and O–H groups in total. The number of nitrogens with one attached hydrogen (secondary N) is 3. The van der Waals surface area contributed by atoms with Crippen molar-refractivity contribution in [2.24, 2.45) is 0 Å². The lowest BCUT2D eigenvalue weighted by atomic mass is 10.0. The van der Waals surface area contributed by atoms with Crippen molar-refractivity contribution in [2.75, 3.05) is 18.4 Å². The summed E-state index contributed by atoms with van der Waals surface area (Å²) < 4.78 is 0. The lowest BCUT2D eigenvalue weighted by Gasteiger charge is -2.20. The monoisotopic (exact) mass is 465 g/mol. The molecule has 0 aliphatic heterocycles. The molecular weight excluding hydrogens is 430 g/mol. The Morgan fingerprint density at radius 1 is 0.882 bits per heavy atom. The van der Waals surface area contributed by atoms with Crippen molar-refractivity contribution >= 4 is 29.1 Å². The molecule has 0 spiro atoms. The Bertz CT molecular complexity index is 959. The summed E-state index contributed by atoms with van der Waals surface area (Å²) in [5.74, 6) is -0.308. The van der Waals surface area contributed by atoms with Gasteiger partial charge in [-0.3, -0.25) is 19.2 Å². The van der Waals surface area contributed by atoms with E-state index in [4.69, 9.17) is 0 Å². The SMILES string of the molecule is CCC(=O)CCCCCC(CNc1cccc(C(C)=O)c1)NC(=O)CNC(=O)c1ccccc1. The predicted octanol–water partition coefficient (Wildman–Crippen LogP) is 4.15. The molecular formula is C27H35N3O4. The Kier molecular flexibility index (Phi) is 11.5. The van der Waals surface area contributed by atoms with Crippen molar-refractivity contribution in [3.63, 3.8) is 0 Å². The minimum absolute atomic E-state index is 0.00992. The van der Waals surface area contributed by atoms with E-state index in [9.17, 15) is 19.2 Å². The van der Waals surface area contributed by atoms with Crippen molar-refractivity contribution in [2.45, 2.75) is 58.4 Å². The number of amides is 2. The molecule has 2 rings (SSSR count). The number of ketones is 2. The van der Waals surface area contributed by atoms with E-state index >= 15 is 0 Å². The molecule has 34 heavy (non-hydrogen) atoms. The summed E-state index contributed by atoms with van der Waals surface area (Å²) in [4.78, 5) is 47.8. The third-order valence-electron chi connectivity index (χ3n) is 5.53. The molecule has 0 bridgehead atoms. The van der Waals surface area contributed by atoms with E-state index in [-0.39, 0.29) is 36.0 Å². The normalized spacial score (nSPS) is 11.4. The number of Topliss-reactive ketones (excluding diaryl/α,β-unsaturated/α-hetero) is 2. The van der Waals surface area contributed by atoms with Crippen molar-refractivity contribution in [1.29, 1.82) is 0 Å². The van der Waals surface area contributed by atoms with Gasteiger partial charge in [-0.1, -0.05) is 50.1 Å². The quantitative estimate of drug-likeness (QED) is 0.271. The highest BCUT2D eigenvalue weighted by Gasteiger charge is 2.14. The highest BCUT2D eigenvalue weighted by molar-refractivity contribution is 5.96. The van der Waals surface area contributed by atoms with Crippen LogP contribution in [0.3, 0.4) is 0 Å². The fourth-order valence-corrected chi connectivity index (χ4v) is 3.51. The van der Waals surface area contributed by atoms with Gasteiger partial charge in [-0.15, -0.1) is 0 Å². The number of hydrogen-bond donors (Lipinski definition) is 3. The topological polar surface area (TPSA) is 104 Å². The number of rotatable bonds is 15. The van der Waals surface area contributed by atoms with Crippen LogP contribution in [0.15, 0.2) is 54.6 Å². The minimum Gasteiger partial charge on any atom is -0.383 e. The lowest BCUT2D eigenvalue weighted by molar-refractivity contribution is -0.121. The molecule has 0 saturated heterocycles. The number of carbonyl (C=O) groups excluding carboxylic acids is 4. The summed E-state index contributed by atoms with van der Waals surface area (Å²) in [5, 5.41) is 8.93. The van der Waals surface area contributed by atoms with Gasteiger partial charge in [0.1, 0.15) is 5.78 Å². The average molecular weight is 466 g/mol. The molecule has 0 aromatic heterocycles. The number of benzene rings is 2. The first-order chi connectivity index (χ1) is 16.4. The largest absolute Gasteiger partial charge is 0.383 e. The van der Waals surface area contributed by atoms with Crippen LogP contribution in [0.4, 0.5) is 5.69 Å². The molecule has 2 aromatic carbocycles. The maximum Gasteiger partial charge on any atom is 0.251 e. The third kappa shape index (κ3) is 9.98. The highest BCUT2D eigenvalue weighted by atomic mass is 16.2. The van der Waals surface area contributed by atoms with Gasteiger partial charge in [-0.05, 0) is 44.0 Å². The summed E-state index contributed by atoms with van der Waals surface area (Å²) in [6.45, 7) is 3.76. The molecule has 0 heterocycles. The summed E-state index contributed by atoms with van der Waals surface area (Å²) in [5.41, 5.74) is 1.92.